The van der Waals surface area contributed by atoms with E-state index < -0.39 is 11.4 Å². The van der Waals surface area contributed by atoms with Gasteiger partial charge in [-0.2, -0.15) is 10.4 Å². The Labute approximate surface area is 222 Å². The number of nitrogens with one attached hydrogen (secondary N) is 1. The number of nitriles is 1. The molecule has 0 saturated carbocycles. The number of carbonyl (C=O) groups is 1. The van der Waals surface area contributed by atoms with Crippen molar-refractivity contribution in [3.05, 3.63) is 69.5 Å². The van der Waals surface area contributed by atoms with Crippen molar-refractivity contribution < 1.29 is 14.6 Å². The monoisotopic (exact) mass is 521 g/mol. The number of hydrogen-bond acceptors (Lipinski definition) is 6. The van der Waals surface area contributed by atoms with Crippen LogP contribution < -0.4 is 10.1 Å². The van der Waals surface area contributed by atoms with Crippen LogP contribution in [0.25, 0.3) is 0 Å². The number of fused-ring (bicyclic) bond motifs is 1. The lowest BCUT2D eigenvalue weighted by molar-refractivity contribution is -0.137. The van der Waals surface area contributed by atoms with Gasteiger partial charge < -0.3 is 15.2 Å². The molecule has 0 spiro atoms. The topological polar surface area (TPSA) is 113 Å². The summed E-state index contributed by atoms with van der Waals surface area (Å²) in [6.07, 6.45) is 3.16. The fourth-order valence-electron chi connectivity index (χ4n) is 4.55. The van der Waals surface area contributed by atoms with Crippen LogP contribution in [0.4, 0.5) is 5.82 Å². The third kappa shape index (κ3) is 6.60. The maximum Gasteiger partial charge on any atom is 0.303 e. The van der Waals surface area contributed by atoms with Gasteiger partial charge in [-0.25, -0.2) is 9.67 Å². The molecule has 8 nitrogen and oxygen atoms in total. The zero-order valence-corrected chi connectivity index (χ0v) is 22.2. The van der Waals surface area contributed by atoms with E-state index in [4.69, 9.17) is 21.3 Å². The molecule has 0 amide bonds. The number of ether oxygens (including phenoxy) is 1. The second-order valence-electron chi connectivity index (χ2n) is 10.0. The van der Waals surface area contributed by atoms with Crippen LogP contribution in [0.15, 0.2) is 36.4 Å². The SMILES string of the molecule is Cn1nc(CC(CC(=O)O)c2cc(Cl)cc(C(C)(C)C#N)c2)cc1OCCc1ccc2c(n1)NCCC2. The van der Waals surface area contributed by atoms with E-state index in [0.717, 1.165) is 47.7 Å². The molecule has 1 atom stereocenters. The number of aryl methyl sites for hydroxylation is 2. The first-order valence-electron chi connectivity index (χ1n) is 12.5. The molecule has 0 radical (unpaired) electrons. The predicted octanol–water partition coefficient (Wildman–Crippen LogP) is 5.05. The second kappa shape index (κ2) is 11.2. The molecule has 1 unspecified atom stereocenters. The van der Waals surface area contributed by atoms with E-state index in [9.17, 15) is 15.2 Å². The fourth-order valence-corrected chi connectivity index (χ4v) is 4.80. The number of aromatic nitrogens is 3. The summed E-state index contributed by atoms with van der Waals surface area (Å²) in [5.41, 5.74) is 3.72. The molecule has 0 fully saturated rings. The van der Waals surface area contributed by atoms with Crippen LogP contribution in [0.3, 0.4) is 0 Å². The van der Waals surface area contributed by atoms with Gasteiger partial charge in [-0.05, 0) is 73.9 Å². The Morgan fingerprint density at radius 2 is 2.11 bits per heavy atom. The van der Waals surface area contributed by atoms with Crippen molar-refractivity contribution >= 4 is 23.4 Å². The Morgan fingerprint density at radius 1 is 1.30 bits per heavy atom. The highest BCUT2D eigenvalue weighted by Crippen LogP contribution is 2.33. The van der Waals surface area contributed by atoms with E-state index in [-0.39, 0.29) is 12.3 Å². The minimum absolute atomic E-state index is 0.0858. The molecule has 9 heteroatoms. The molecule has 2 aromatic heterocycles. The molecule has 2 N–H and O–H groups in total. The van der Waals surface area contributed by atoms with Gasteiger partial charge in [0.25, 0.3) is 0 Å². The Hall–Kier alpha value is -3.57. The molecule has 194 valence electrons. The molecule has 0 aliphatic carbocycles. The second-order valence-corrected chi connectivity index (χ2v) is 10.5. The van der Waals surface area contributed by atoms with Gasteiger partial charge in [0.05, 0.1) is 30.2 Å². The maximum atomic E-state index is 11.7. The number of benzene rings is 1. The van der Waals surface area contributed by atoms with E-state index >= 15 is 0 Å². The Kier molecular flexibility index (Phi) is 8.03. The van der Waals surface area contributed by atoms with E-state index in [0.29, 0.717) is 30.4 Å². The average molecular weight is 522 g/mol. The van der Waals surface area contributed by atoms with Gasteiger partial charge in [0.2, 0.25) is 5.88 Å². The molecule has 37 heavy (non-hydrogen) atoms. The van der Waals surface area contributed by atoms with Crippen molar-refractivity contribution in [2.24, 2.45) is 7.05 Å². The van der Waals surface area contributed by atoms with Gasteiger partial charge in [-0.3, -0.25) is 4.79 Å². The van der Waals surface area contributed by atoms with Crippen LogP contribution in [0.1, 0.15) is 60.7 Å². The van der Waals surface area contributed by atoms with Gasteiger partial charge in [0.1, 0.15) is 5.82 Å². The van der Waals surface area contributed by atoms with Gasteiger partial charge in [0.15, 0.2) is 0 Å². The smallest absolute Gasteiger partial charge is 0.303 e. The van der Waals surface area contributed by atoms with Crippen molar-refractivity contribution in [1.82, 2.24) is 14.8 Å². The van der Waals surface area contributed by atoms with Gasteiger partial charge in [0, 0.05) is 36.8 Å². The van der Waals surface area contributed by atoms with E-state index in [1.54, 1.807) is 23.9 Å². The summed E-state index contributed by atoms with van der Waals surface area (Å²) in [6, 6.07) is 13.7. The summed E-state index contributed by atoms with van der Waals surface area (Å²) in [5.74, 6) is 0.306. The molecule has 4 rings (SSSR count). The number of hydrogen-bond donors (Lipinski definition) is 2. The Bertz CT molecular complexity index is 1330. The van der Waals surface area contributed by atoms with Gasteiger partial charge >= 0.3 is 5.97 Å². The summed E-state index contributed by atoms with van der Waals surface area (Å²) in [6.45, 7) is 5.03. The van der Waals surface area contributed by atoms with Crippen LogP contribution >= 0.6 is 11.6 Å². The summed E-state index contributed by atoms with van der Waals surface area (Å²) in [7, 11) is 1.80. The first kappa shape index (κ1) is 26.5. The number of nitrogens with zero attached hydrogens (tertiary/aromatic N) is 4. The largest absolute Gasteiger partial charge is 0.481 e. The highest BCUT2D eigenvalue weighted by atomic mass is 35.5. The van der Waals surface area contributed by atoms with Crippen molar-refractivity contribution in [3.8, 4) is 11.9 Å². The number of carboxylic acid groups (broad SMARTS) is 1. The van der Waals surface area contributed by atoms with Crippen LogP contribution in [-0.2, 0) is 36.5 Å². The Balaban J connectivity index is 1.46. The minimum atomic E-state index is -0.912. The quantitative estimate of drug-likeness (QED) is 0.383. The number of rotatable bonds is 10. The van der Waals surface area contributed by atoms with Crippen molar-refractivity contribution in [2.75, 3.05) is 18.5 Å². The summed E-state index contributed by atoms with van der Waals surface area (Å²) in [5, 5.41) is 27.5. The van der Waals surface area contributed by atoms with Gasteiger partial charge in [-0.15, -0.1) is 0 Å². The highest BCUT2D eigenvalue weighted by molar-refractivity contribution is 6.30. The lowest BCUT2D eigenvalue weighted by Crippen LogP contribution is -2.16. The maximum absolute atomic E-state index is 11.7. The number of anilines is 1. The van der Waals surface area contributed by atoms with E-state index in [1.165, 1.54) is 5.56 Å². The lowest BCUT2D eigenvalue weighted by atomic mass is 9.82. The third-order valence-electron chi connectivity index (χ3n) is 6.72. The Morgan fingerprint density at radius 3 is 2.86 bits per heavy atom. The summed E-state index contributed by atoms with van der Waals surface area (Å²) in [4.78, 5) is 16.4. The van der Waals surface area contributed by atoms with Crippen molar-refractivity contribution in [2.45, 2.75) is 57.3 Å². The van der Waals surface area contributed by atoms with Crippen LogP contribution in [0, 0.1) is 11.3 Å². The molecular formula is C28H32ClN5O3. The number of pyridine rings is 1. The fraction of sp³-hybridized carbons (Fsp3) is 0.429. The molecule has 0 bridgehead atoms. The molecule has 0 saturated heterocycles. The van der Waals surface area contributed by atoms with Gasteiger partial charge in [-0.1, -0.05) is 23.7 Å². The first-order chi connectivity index (χ1) is 17.6. The number of aliphatic carboxylic acids is 1. The highest BCUT2D eigenvalue weighted by Gasteiger charge is 2.25. The van der Waals surface area contributed by atoms with Crippen molar-refractivity contribution in [1.29, 1.82) is 5.26 Å². The lowest BCUT2D eigenvalue weighted by Gasteiger charge is -2.21. The molecule has 3 aromatic rings. The van der Waals surface area contributed by atoms with E-state index in [2.05, 4.69) is 22.6 Å². The first-order valence-corrected chi connectivity index (χ1v) is 12.8. The predicted molar refractivity (Wildman–Crippen MR) is 142 cm³/mol. The number of halogens is 1. The molecular weight excluding hydrogens is 490 g/mol. The summed E-state index contributed by atoms with van der Waals surface area (Å²) < 4.78 is 7.66. The molecule has 1 aromatic carbocycles. The molecule has 1 aliphatic rings. The van der Waals surface area contributed by atoms with Crippen LogP contribution in [-0.4, -0.2) is 39.0 Å². The molecule has 3 heterocycles. The summed E-state index contributed by atoms with van der Waals surface area (Å²) >= 11 is 6.37. The van der Waals surface area contributed by atoms with E-state index in [1.807, 2.05) is 32.0 Å². The minimum Gasteiger partial charge on any atom is -0.481 e. The molecule has 1 aliphatic heterocycles. The standard InChI is InChI=1S/C28H32ClN5O3/c1-28(2,17-30)21-11-19(12-22(29)15-21)20(14-26(35)36)13-24-16-25(34(3)33-24)37-10-8-23-7-6-18-5-4-9-31-27(18)32-23/h6-7,11-12,15-16,20H,4-5,8-10,13-14H2,1-3H3,(H,31,32)(H,35,36). The van der Waals surface area contributed by atoms with Crippen molar-refractivity contribution in [3.63, 3.8) is 0 Å². The van der Waals surface area contributed by atoms with Crippen LogP contribution in [0.5, 0.6) is 5.88 Å². The zero-order chi connectivity index (χ0) is 26.6. The van der Waals surface area contributed by atoms with Crippen LogP contribution in [0.2, 0.25) is 5.02 Å². The number of carboxylic acids is 1. The third-order valence-corrected chi connectivity index (χ3v) is 6.93. The normalized spacial score (nSPS) is 13.8. The average Bonchev–Trinajstić information content (AvgIpc) is 3.21. The zero-order valence-electron chi connectivity index (χ0n) is 21.4.